The first-order valence-corrected chi connectivity index (χ1v) is 9.24. The zero-order chi connectivity index (χ0) is 17.0. The Balaban J connectivity index is 1.79. The first kappa shape index (κ1) is 17.0. The zero-order valence-electron chi connectivity index (χ0n) is 14.9. The van der Waals surface area contributed by atoms with E-state index in [0.29, 0.717) is 5.92 Å². The molecule has 1 saturated carbocycles. The number of allylic oxidation sites excluding steroid dienone is 1. The number of hydrogen-bond donors (Lipinski definition) is 0. The van der Waals surface area contributed by atoms with Crippen LogP contribution in [0.25, 0.3) is 0 Å². The van der Waals surface area contributed by atoms with E-state index in [4.69, 9.17) is 4.74 Å². The van der Waals surface area contributed by atoms with Crippen molar-refractivity contribution in [1.29, 1.82) is 5.26 Å². The molecular formula is C21H28N2O. The minimum Gasteiger partial charge on any atom is -0.370 e. The molecule has 1 aliphatic heterocycles. The maximum atomic E-state index is 9.24. The summed E-state index contributed by atoms with van der Waals surface area (Å²) in [6.07, 6.45) is 11.7. The number of unbranched alkanes of at least 4 members (excludes halogenated alkanes) is 1. The van der Waals surface area contributed by atoms with E-state index in [0.717, 1.165) is 37.2 Å². The van der Waals surface area contributed by atoms with Crippen molar-refractivity contribution in [2.45, 2.75) is 58.0 Å². The number of benzene rings is 1. The average molecular weight is 324 g/mol. The summed E-state index contributed by atoms with van der Waals surface area (Å²) in [5.41, 5.74) is 3.34. The fourth-order valence-corrected chi connectivity index (χ4v) is 3.84. The molecule has 0 amide bonds. The Morgan fingerprint density at radius 3 is 3.00 bits per heavy atom. The second-order valence-electron chi connectivity index (χ2n) is 7.37. The van der Waals surface area contributed by atoms with E-state index in [1.54, 1.807) is 0 Å². The number of ether oxygens (including phenoxy) is 1. The molecule has 128 valence electrons. The van der Waals surface area contributed by atoms with Crippen molar-refractivity contribution < 1.29 is 4.74 Å². The van der Waals surface area contributed by atoms with Crippen molar-refractivity contribution >= 4 is 5.69 Å². The monoisotopic (exact) mass is 324 g/mol. The third kappa shape index (κ3) is 3.99. The molecule has 24 heavy (non-hydrogen) atoms. The van der Waals surface area contributed by atoms with Gasteiger partial charge in [-0.2, -0.15) is 5.26 Å². The van der Waals surface area contributed by atoms with Gasteiger partial charge in [-0.15, -0.1) is 0 Å². The molecule has 0 radical (unpaired) electrons. The smallest absolute Gasteiger partial charge is 0.0992 e. The average Bonchev–Trinajstić information content (AvgIpc) is 3.33. The van der Waals surface area contributed by atoms with Gasteiger partial charge in [0.05, 0.1) is 23.8 Å². The van der Waals surface area contributed by atoms with Crippen molar-refractivity contribution in [2.24, 2.45) is 5.92 Å². The standard InChI is InChI=1S/C21H28N2O/c1-3-4-5-11-23(20-12-18(14-22)9-8-17(20)2)15-19-7-6-10-21(13-19)16-24-21/h5,8-9,11-12,19H,3-4,6-7,10,13,15-16H2,1-2H3/b11-5+/t19-,21-/m0/s1. The van der Waals surface area contributed by atoms with Crippen LogP contribution in [0.4, 0.5) is 5.69 Å². The van der Waals surface area contributed by atoms with Gasteiger partial charge in [0.15, 0.2) is 0 Å². The molecule has 1 aromatic rings. The van der Waals surface area contributed by atoms with Crippen molar-refractivity contribution in [3.8, 4) is 6.07 Å². The second-order valence-corrected chi connectivity index (χ2v) is 7.37. The van der Waals surface area contributed by atoms with Gasteiger partial charge >= 0.3 is 0 Å². The molecule has 0 N–H and O–H groups in total. The second kappa shape index (κ2) is 7.40. The molecule has 2 atom stereocenters. The predicted octanol–water partition coefficient (Wildman–Crippen LogP) is 4.95. The maximum absolute atomic E-state index is 9.24. The number of epoxide rings is 1. The molecule has 1 aromatic carbocycles. The summed E-state index contributed by atoms with van der Waals surface area (Å²) in [6.45, 7) is 6.30. The normalized spacial score (nSPS) is 25.8. The third-order valence-corrected chi connectivity index (χ3v) is 5.30. The largest absolute Gasteiger partial charge is 0.370 e. The van der Waals surface area contributed by atoms with E-state index >= 15 is 0 Å². The summed E-state index contributed by atoms with van der Waals surface area (Å²) in [4.78, 5) is 2.36. The number of hydrogen-bond acceptors (Lipinski definition) is 3. The molecule has 1 spiro atoms. The molecule has 1 heterocycles. The number of anilines is 1. The highest BCUT2D eigenvalue weighted by molar-refractivity contribution is 5.59. The van der Waals surface area contributed by atoms with E-state index in [1.165, 1.54) is 31.2 Å². The lowest BCUT2D eigenvalue weighted by Crippen LogP contribution is -2.32. The van der Waals surface area contributed by atoms with Gasteiger partial charge in [-0.1, -0.05) is 31.9 Å². The Labute approximate surface area is 145 Å². The number of aryl methyl sites for hydroxylation is 1. The van der Waals surface area contributed by atoms with Crippen molar-refractivity contribution in [3.63, 3.8) is 0 Å². The van der Waals surface area contributed by atoms with Crippen molar-refractivity contribution in [3.05, 3.63) is 41.6 Å². The zero-order valence-corrected chi connectivity index (χ0v) is 14.9. The van der Waals surface area contributed by atoms with Gasteiger partial charge in [0, 0.05) is 18.4 Å². The summed E-state index contributed by atoms with van der Waals surface area (Å²) >= 11 is 0. The molecule has 0 unspecified atom stereocenters. The van der Waals surface area contributed by atoms with E-state index < -0.39 is 0 Å². The van der Waals surface area contributed by atoms with Crippen LogP contribution in [0.1, 0.15) is 56.6 Å². The van der Waals surface area contributed by atoms with Crippen LogP contribution in [0.2, 0.25) is 0 Å². The molecule has 1 aliphatic carbocycles. The van der Waals surface area contributed by atoms with E-state index in [2.05, 4.69) is 43.2 Å². The highest BCUT2D eigenvalue weighted by atomic mass is 16.6. The fourth-order valence-electron chi connectivity index (χ4n) is 3.84. The first-order valence-electron chi connectivity index (χ1n) is 9.24. The molecule has 0 aromatic heterocycles. The Kier molecular flexibility index (Phi) is 5.26. The quantitative estimate of drug-likeness (QED) is 0.695. The van der Waals surface area contributed by atoms with Gasteiger partial charge in [0.25, 0.3) is 0 Å². The Morgan fingerprint density at radius 2 is 2.29 bits per heavy atom. The Morgan fingerprint density at radius 1 is 1.46 bits per heavy atom. The van der Waals surface area contributed by atoms with Crippen LogP contribution < -0.4 is 4.90 Å². The summed E-state index contributed by atoms with van der Waals surface area (Å²) in [6, 6.07) is 8.26. The van der Waals surface area contributed by atoms with Crippen LogP contribution in [0.5, 0.6) is 0 Å². The van der Waals surface area contributed by atoms with Crippen LogP contribution in [0.15, 0.2) is 30.5 Å². The lowest BCUT2D eigenvalue weighted by molar-refractivity contribution is 0.193. The SMILES string of the molecule is CCC/C=C/N(C[C@H]1CCC[C@@]2(CO2)C1)c1cc(C#N)ccc1C. The molecule has 1 saturated heterocycles. The topological polar surface area (TPSA) is 39.6 Å². The number of nitriles is 1. The fraction of sp³-hybridized carbons (Fsp3) is 0.571. The molecule has 0 bridgehead atoms. The predicted molar refractivity (Wildman–Crippen MR) is 97.9 cm³/mol. The van der Waals surface area contributed by atoms with Gasteiger partial charge in [-0.05, 0) is 56.2 Å². The molecule has 3 rings (SSSR count). The van der Waals surface area contributed by atoms with E-state index in [-0.39, 0.29) is 5.60 Å². The maximum Gasteiger partial charge on any atom is 0.0992 e. The van der Waals surface area contributed by atoms with Crippen LogP contribution in [-0.2, 0) is 4.74 Å². The van der Waals surface area contributed by atoms with Gasteiger partial charge in [0.2, 0.25) is 0 Å². The number of rotatable bonds is 6. The lowest BCUT2D eigenvalue weighted by atomic mass is 9.81. The van der Waals surface area contributed by atoms with Gasteiger partial charge in [0.1, 0.15) is 0 Å². The molecular weight excluding hydrogens is 296 g/mol. The van der Waals surface area contributed by atoms with Gasteiger partial charge < -0.3 is 9.64 Å². The summed E-state index contributed by atoms with van der Waals surface area (Å²) in [7, 11) is 0. The van der Waals surface area contributed by atoms with E-state index in [9.17, 15) is 5.26 Å². The summed E-state index contributed by atoms with van der Waals surface area (Å²) < 4.78 is 5.73. The van der Waals surface area contributed by atoms with Gasteiger partial charge in [-0.3, -0.25) is 0 Å². The first-order chi connectivity index (χ1) is 11.7. The Hall–Kier alpha value is -1.79. The van der Waals surface area contributed by atoms with Crippen LogP contribution in [-0.4, -0.2) is 18.8 Å². The molecule has 2 fully saturated rings. The minimum atomic E-state index is 0.214. The number of nitrogens with zero attached hydrogens (tertiary/aromatic N) is 2. The third-order valence-electron chi connectivity index (χ3n) is 5.30. The lowest BCUT2D eigenvalue weighted by Gasteiger charge is -2.32. The van der Waals surface area contributed by atoms with Gasteiger partial charge in [-0.25, -0.2) is 0 Å². The minimum absolute atomic E-state index is 0.214. The summed E-state index contributed by atoms with van der Waals surface area (Å²) in [5, 5.41) is 9.24. The van der Waals surface area contributed by atoms with Crippen LogP contribution >= 0.6 is 0 Å². The highest BCUT2D eigenvalue weighted by Gasteiger charge is 2.47. The Bertz CT molecular complexity index is 640. The van der Waals surface area contributed by atoms with Crippen LogP contribution in [0.3, 0.4) is 0 Å². The van der Waals surface area contributed by atoms with Crippen molar-refractivity contribution in [2.75, 3.05) is 18.1 Å². The highest BCUT2D eigenvalue weighted by Crippen LogP contribution is 2.44. The van der Waals surface area contributed by atoms with E-state index in [1.807, 2.05) is 12.1 Å². The summed E-state index contributed by atoms with van der Waals surface area (Å²) in [5.74, 6) is 0.665. The van der Waals surface area contributed by atoms with Crippen LogP contribution in [0, 0.1) is 24.2 Å². The molecule has 2 aliphatic rings. The molecule has 3 heteroatoms. The van der Waals surface area contributed by atoms with Crippen molar-refractivity contribution in [1.82, 2.24) is 0 Å². The molecule has 3 nitrogen and oxygen atoms in total.